The standard InChI is InChI=1S/C20H22N2O4/c1-19(17(23)25-2)13-20(18(24)26-3,21-14-9-5-4-6-10-14)15-11-7-8-12-16(15)22-19/h4-12,21-22H,13H2,1-3H3. The first kappa shape index (κ1) is 17.8. The zero-order valence-corrected chi connectivity index (χ0v) is 15.0. The van der Waals surface area contributed by atoms with Crippen LogP contribution in [0.5, 0.6) is 0 Å². The van der Waals surface area contributed by atoms with Gasteiger partial charge in [0, 0.05) is 23.4 Å². The number of rotatable bonds is 4. The summed E-state index contributed by atoms with van der Waals surface area (Å²) in [6.45, 7) is 1.72. The van der Waals surface area contributed by atoms with Crippen molar-refractivity contribution in [1.29, 1.82) is 0 Å². The van der Waals surface area contributed by atoms with Crippen molar-refractivity contribution >= 4 is 23.3 Å². The van der Waals surface area contributed by atoms with Crippen molar-refractivity contribution in [3.05, 3.63) is 60.2 Å². The fourth-order valence-electron chi connectivity index (χ4n) is 3.57. The highest BCUT2D eigenvalue weighted by atomic mass is 16.5. The number of fused-ring (bicyclic) bond motifs is 1. The van der Waals surface area contributed by atoms with E-state index in [1.165, 1.54) is 14.2 Å². The van der Waals surface area contributed by atoms with E-state index in [1.807, 2.05) is 54.6 Å². The number of para-hydroxylation sites is 2. The molecule has 0 amide bonds. The van der Waals surface area contributed by atoms with Crippen LogP contribution >= 0.6 is 0 Å². The first-order valence-electron chi connectivity index (χ1n) is 8.33. The maximum Gasteiger partial charge on any atom is 0.336 e. The Kier molecular flexibility index (Phi) is 4.59. The number of anilines is 2. The van der Waals surface area contributed by atoms with Crippen LogP contribution in [0.2, 0.25) is 0 Å². The molecule has 2 aromatic rings. The van der Waals surface area contributed by atoms with E-state index in [-0.39, 0.29) is 6.42 Å². The van der Waals surface area contributed by atoms with Gasteiger partial charge in [-0.1, -0.05) is 36.4 Å². The van der Waals surface area contributed by atoms with Crippen molar-refractivity contribution in [3.63, 3.8) is 0 Å². The van der Waals surface area contributed by atoms with E-state index in [9.17, 15) is 9.59 Å². The number of carbonyl (C=O) groups excluding carboxylic acids is 2. The molecule has 0 bridgehead atoms. The number of nitrogens with one attached hydrogen (secondary N) is 2. The molecule has 3 rings (SSSR count). The minimum Gasteiger partial charge on any atom is -0.467 e. The van der Waals surface area contributed by atoms with E-state index < -0.39 is 23.0 Å². The lowest BCUT2D eigenvalue weighted by Crippen LogP contribution is -2.59. The highest BCUT2D eigenvalue weighted by molar-refractivity contribution is 5.94. The largest absolute Gasteiger partial charge is 0.467 e. The van der Waals surface area contributed by atoms with E-state index in [0.29, 0.717) is 5.69 Å². The third-order valence-electron chi connectivity index (χ3n) is 4.72. The predicted molar refractivity (Wildman–Crippen MR) is 98.9 cm³/mol. The van der Waals surface area contributed by atoms with E-state index in [4.69, 9.17) is 9.47 Å². The van der Waals surface area contributed by atoms with Gasteiger partial charge in [-0.3, -0.25) is 0 Å². The molecule has 0 saturated heterocycles. The zero-order valence-electron chi connectivity index (χ0n) is 15.0. The molecular formula is C20H22N2O4. The van der Waals surface area contributed by atoms with Crippen LogP contribution in [-0.4, -0.2) is 31.7 Å². The van der Waals surface area contributed by atoms with Gasteiger partial charge in [0.2, 0.25) is 0 Å². The molecule has 0 fully saturated rings. The normalized spacial score (nSPS) is 24.0. The second-order valence-corrected chi connectivity index (χ2v) is 6.56. The number of carbonyl (C=O) groups is 2. The summed E-state index contributed by atoms with van der Waals surface area (Å²) >= 11 is 0. The van der Waals surface area contributed by atoms with Gasteiger partial charge >= 0.3 is 11.9 Å². The molecule has 0 saturated carbocycles. The summed E-state index contributed by atoms with van der Waals surface area (Å²) in [6.07, 6.45) is 0.130. The van der Waals surface area contributed by atoms with Crippen molar-refractivity contribution in [1.82, 2.24) is 0 Å². The number of methoxy groups -OCH3 is 2. The van der Waals surface area contributed by atoms with Crippen molar-refractivity contribution < 1.29 is 19.1 Å². The third kappa shape index (κ3) is 2.87. The van der Waals surface area contributed by atoms with Gasteiger partial charge in [-0.2, -0.15) is 0 Å². The summed E-state index contributed by atoms with van der Waals surface area (Å²) in [6, 6.07) is 16.8. The Morgan fingerprint density at radius 1 is 0.962 bits per heavy atom. The number of benzene rings is 2. The average molecular weight is 354 g/mol. The summed E-state index contributed by atoms with van der Waals surface area (Å²) < 4.78 is 10.1. The van der Waals surface area contributed by atoms with E-state index in [0.717, 1.165) is 11.3 Å². The van der Waals surface area contributed by atoms with Gasteiger partial charge in [0.25, 0.3) is 0 Å². The molecular weight excluding hydrogens is 332 g/mol. The molecule has 2 atom stereocenters. The third-order valence-corrected chi connectivity index (χ3v) is 4.72. The van der Waals surface area contributed by atoms with E-state index in [1.54, 1.807) is 6.92 Å². The average Bonchev–Trinajstić information content (AvgIpc) is 2.67. The summed E-state index contributed by atoms with van der Waals surface area (Å²) in [5.41, 5.74) is -0.181. The van der Waals surface area contributed by atoms with E-state index >= 15 is 0 Å². The van der Waals surface area contributed by atoms with Gasteiger partial charge < -0.3 is 20.1 Å². The van der Waals surface area contributed by atoms with Crippen molar-refractivity contribution in [2.75, 3.05) is 24.9 Å². The van der Waals surface area contributed by atoms with Crippen molar-refractivity contribution in [2.24, 2.45) is 0 Å². The molecule has 0 spiro atoms. The Balaban J connectivity index is 2.20. The topological polar surface area (TPSA) is 76.7 Å². The van der Waals surface area contributed by atoms with Gasteiger partial charge in [0.05, 0.1) is 14.2 Å². The summed E-state index contributed by atoms with van der Waals surface area (Å²) in [5.74, 6) is -0.916. The Bertz CT molecular complexity index is 824. The molecule has 1 heterocycles. The quantitative estimate of drug-likeness (QED) is 0.822. The summed E-state index contributed by atoms with van der Waals surface area (Å²) in [4.78, 5) is 25.5. The van der Waals surface area contributed by atoms with Gasteiger partial charge in [0.15, 0.2) is 5.54 Å². The SMILES string of the molecule is COC(=O)C1(C)CC(Nc2ccccc2)(C(=O)OC)c2ccccc2N1. The first-order chi connectivity index (χ1) is 12.4. The molecule has 2 unspecified atom stereocenters. The monoisotopic (exact) mass is 354 g/mol. The molecule has 0 aromatic heterocycles. The maximum absolute atomic E-state index is 13.0. The minimum atomic E-state index is -1.24. The van der Waals surface area contributed by atoms with Crippen LogP contribution in [0.3, 0.4) is 0 Å². The first-order valence-corrected chi connectivity index (χ1v) is 8.33. The predicted octanol–water partition coefficient (Wildman–Crippen LogP) is 2.91. The van der Waals surface area contributed by atoms with Gasteiger partial charge in [0.1, 0.15) is 5.54 Å². The van der Waals surface area contributed by atoms with Gasteiger partial charge in [-0.25, -0.2) is 9.59 Å². The number of ether oxygens (including phenoxy) is 2. The molecule has 1 aliphatic heterocycles. The lowest BCUT2D eigenvalue weighted by Gasteiger charge is -2.45. The van der Waals surface area contributed by atoms with Crippen LogP contribution in [-0.2, 0) is 24.6 Å². The minimum absolute atomic E-state index is 0.130. The van der Waals surface area contributed by atoms with Gasteiger partial charge in [-0.15, -0.1) is 0 Å². The van der Waals surface area contributed by atoms with E-state index in [2.05, 4.69) is 10.6 Å². The molecule has 2 aromatic carbocycles. The Morgan fingerprint density at radius 3 is 2.23 bits per heavy atom. The van der Waals surface area contributed by atoms with Crippen LogP contribution in [0.4, 0.5) is 11.4 Å². The van der Waals surface area contributed by atoms with Crippen LogP contribution in [0.25, 0.3) is 0 Å². The lowest BCUT2D eigenvalue weighted by molar-refractivity contribution is -0.151. The summed E-state index contributed by atoms with van der Waals surface area (Å²) in [7, 11) is 2.68. The fraction of sp³-hybridized carbons (Fsp3) is 0.300. The number of hydrogen-bond acceptors (Lipinski definition) is 6. The smallest absolute Gasteiger partial charge is 0.336 e. The van der Waals surface area contributed by atoms with Crippen molar-refractivity contribution in [3.8, 4) is 0 Å². The maximum atomic E-state index is 13.0. The van der Waals surface area contributed by atoms with Crippen LogP contribution in [0.15, 0.2) is 54.6 Å². The molecule has 26 heavy (non-hydrogen) atoms. The Morgan fingerprint density at radius 2 is 1.58 bits per heavy atom. The highest BCUT2D eigenvalue weighted by Gasteiger charge is 2.54. The molecule has 6 heteroatoms. The Hall–Kier alpha value is -3.02. The Labute approximate surface area is 152 Å². The number of esters is 2. The summed E-state index contributed by atoms with van der Waals surface area (Å²) in [5, 5.41) is 6.53. The highest BCUT2D eigenvalue weighted by Crippen LogP contribution is 2.45. The van der Waals surface area contributed by atoms with Crippen LogP contribution < -0.4 is 10.6 Å². The zero-order chi connectivity index (χ0) is 18.8. The van der Waals surface area contributed by atoms with Crippen LogP contribution in [0.1, 0.15) is 18.9 Å². The van der Waals surface area contributed by atoms with Crippen LogP contribution in [0, 0.1) is 0 Å². The molecule has 2 N–H and O–H groups in total. The lowest BCUT2D eigenvalue weighted by atomic mass is 9.73. The second-order valence-electron chi connectivity index (χ2n) is 6.56. The molecule has 6 nitrogen and oxygen atoms in total. The van der Waals surface area contributed by atoms with Gasteiger partial charge in [-0.05, 0) is 25.1 Å². The molecule has 0 radical (unpaired) electrons. The fourth-order valence-corrected chi connectivity index (χ4v) is 3.57. The molecule has 0 aliphatic carbocycles. The van der Waals surface area contributed by atoms with Crippen molar-refractivity contribution in [2.45, 2.75) is 24.4 Å². The second kappa shape index (κ2) is 6.71. The number of hydrogen-bond donors (Lipinski definition) is 2. The molecule has 136 valence electrons. The molecule has 1 aliphatic rings.